The third-order valence-corrected chi connectivity index (χ3v) is 3.90. The number of hydrogen-bond acceptors (Lipinski definition) is 4. The highest BCUT2D eigenvalue weighted by Crippen LogP contribution is 2.24. The summed E-state index contributed by atoms with van der Waals surface area (Å²) in [7, 11) is -3.97. The Kier molecular flexibility index (Phi) is 3.27. The van der Waals surface area contributed by atoms with E-state index in [0.29, 0.717) is 5.69 Å². The molecule has 0 atom stereocenters. The molecular weight excluding hydrogens is 306 g/mol. The van der Waals surface area contributed by atoms with Gasteiger partial charge in [0, 0.05) is 11.1 Å². The van der Waals surface area contributed by atoms with Crippen molar-refractivity contribution in [1.29, 1.82) is 0 Å². The first-order valence-electron chi connectivity index (χ1n) is 6.37. The molecule has 4 N–H and O–H groups in total. The fraction of sp³-hybridized carbons (Fsp3) is 0.0714. The number of para-hydroxylation sites is 1. The lowest BCUT2D eigenvalue weighted by atomic mass is 10.2. The lowest BCUT2D eigenvalue weighted by Gasteiger charge is -2.04. The summed E-state index contributed by atoms with van der Waals surface area (Å²) in [5, 5.41) is 8.13. The summed E-state index contributed by atoms with van der Waals surface area (Å²) < 4.78 is 27.3. The third kappa shape index (κ3) is 2.61. The maximum Gasteiger partial charge on any atom is 0.291 e. The number of aromatic nitrogens is 1. The molecule has 0 spiro atoms. The fourth-order valence-electron chi connectivity index (χ4n) is 2.18. The lowest BCUT2D eigenvalue weighted by molar-refractivity contribution is 0.0991. The van der Waals surface area contributed by atoms with Crippen LogP contribution in [0.5, 0.6) is 0 Å². The van der Waals surface area contributed by atoms with E-state index >= 15 is 0 Å². The van der Waals surface area contributed by atoms with Gasteiger partial charge in [-0.15, -0.1) is 0 Å². The number of sulfonamides is 1. The van der Waals surface area contributed by atoms with Crippen molar-refractivity contribution in [2.24, 2.45) is 5.14 Å². The number of aromatic amines is 1. The molecule has 3 aromatic rings. The predicted molar refractivity (Wildman–Crippen MR) is 81.1 cm³/mol. The summed E-state index contributed by atoms with van der Waals surface area (Å²) in [6, 6.07) is 9.82. The van der Waals surface area contributed by atoms with Crippen LogP contribution in [0.2, 0.25) is 0 Å². The molecule has 22 heavy (non-hydrogen) atoms. The Bertz CT molecular complexity index is 969. The molecule has 2 heterocycles. The molecule has 1 aromatic carbocycles. The first kappa shape index (κ1) is 14.4. The number of benzene rings is 1. The van der Waals surface area contributed by atoms with Crippen molar-refractivity contribution in [3.8, 4) is 0 Å². The summed E-state index contributed by atoms with van der Waals surface area (Å²) >= 11 is 0. The van der Waals surface area contributed by atoms with Crippen LogP contribution >= 0.6 is 0 Å². The number of nitrogens with two attached hydrogens (primary N) is 1. The van der Waals surface area contributed by atoms with Gasteiger partial charge in [-0.1, -0.05) is 12.1 Å². The third-order valence-electron chi connectivity index (χ3n) is 3.12. The molecule has 0 saturated carbocycles. The van der Waals surface area contributed by atoms with Gasteiger partial charge in [0.15, 0.2) is 5.76 Å². The number of nitrogens with one attached hydrogen (secondary N) is 2. The first-order chi connectivity index (χ1) is 10.3. The average Bonchev–Trinajstić information content (AvgIpc) is 3.03. The van der Waals surface area contributed by atoms with Gasteiger partial charge in [-0.05, 0) is 31.2 Å². The van der Waals surface area contributed by atoms with Gasteiger partial charge in [0.05, 0.1) is 11.2 Å². The number of anilines is 1. The van der Waals surface area contributed by atoms with Gasteiger partial charge in [0.2, 0.25) is 5.09 Å². The van der Waals surface area contributed by atoms with E-state index in [9.17, 15) is 13.2 Å². The molecule has 0 aliphatic carbocycles. The second kappa shape index (κ2) is 5.00. The van der Waals surface area contributed by atoms with Crippen molar-refractivity contribution in [3.05, 3.63) is 47.9 Å². The molecule has 0 aliphatic heterocycles. The van der Waals surface area contributed by atoms with Gasteiger partial charge in [-0.25, -0.2) is 13.6 Å². The van der Waals surface area contributed by atoms with E-state index in [0.717, 1.165) is 22.7 Å². The first-order valence-corrected chi connectivity index (χ1v) is 7.91. The Hall–Kier alpha value is -2.58. The van der Waals surface area contributed by atoms with Crippen LogP contribution < -0.4 is 10.5 Å². The van der Waals surface area contributed by atoms with Gasteiger partial charge >= 0.3 is 0 Å². The number of H-pyrrole nitrogens is 1. The van der Waals surface area contributed by atoms with E-state index in [4.69, 9.17) is 9.56 Å². The molecular formula is C14H13N3O4S. The fourth-order valence-corrected chi connectivity index (χ4v) is 2.64. The monoisotopic (exact) mass is 319 g/mol. The SMILES string of the molecule is Cc1cc2cccc(NC(=O)c3ccc(S(N)(=O)=O)o3)c2[nH]1. The second-order valence-corrected chi connectivity index (χ2v) is 6.33. The van der Waals surface area contributed by atoms with Crippen LogP contribution in [0.15, 0.2) is 45.9 Å². The van der Waals surface area contributed by atoms with Crippen molar-refractivity contribution in [2.75, 3.05) is 5.32 Å². The topological polar surface area (TPSA) is 118 Å². The number of amides is 1. The smallest absolute Gasteiger partial charge is 0.291 e. The van der Waals surface area contributed by atoms with E-state index in [-0.39, 0.29) is 5.76 Å². The summed E-state index contributed by atoms with van der Waals surface area (Å²) in [4.78, 5) is 15.3. The molecule has 0 bridgehead atoms. The number of carbonyl (C=O) groups excluding carboxylic acids is 1. The zero-order valence-electron chi connectivity index (χ0n) is 11.6. The van der Waals surface area contributed by atoms with Crippen LogP contribution in [0.1, 0.15) is 16.2 Å². The lowest BCUT2D eigenvalue weighted by Crippen LogP contribution is -2.13. The molecule has 2 aromatic heterocycles. The van der Waals surface area contributed by atoms with E-state index in [2.05, 4.69) is 10.3 Å². The zero-order chi connectivity index (χ0) is 15.9. The number of aryl methyl sites for hydroxylation is 1. The normalized spacial score (nSPS) is 11.7. The molecule has 0 radical (unpaired) electrons. The van der Waals surface area contributed by atoms with E-state index in [1.165, 1.54) is 6.07 Å². The standard InChI is InChI=1S/C14H13N3O4S/c1-8-7-9-3-2-4-10(13(9)16-8)17-14(18)11-5-6-12(21-11)22(15,19)20/h2-7,16H,1H3,(H,17,18)(H2,15,19,20). The van der Waals surface area contributed by atoms with E-state index < -0.39 is 21.0 Å². The highest BCUT2D eigenvalue weighted by atomic mass is 32.2. The molecule has 0 saturated heterocycles. The van der Waals surface area contributed by atoms with Crippen molar-refractivity contribution in [3.63, 3.8) is 0 Å². The molecule has 0 fully saturated rings. The Morgan fingerprint density at radius 2 is 2.05 bits per heavy atom. The Labute approximate surface area is 126 Å². The molecule has 3 rings (SSSR count). The van der Waals surface area contributed by atoms with Crippen molar-refractivity contribution >= 4 is 32.5 Å². The maximum atomic E-state index is 12.2. The minimum absolute atomic E-state index is 0.135. The summed E-state index contributed by atoms with van der Waals surface area (Å²) in [6.45, 7) is 1.91. The van der Waals surface area contributed by atoms with Crippen LogP contribution in [0, 0.1) is 6.92 Å². The molecule has 7 nitrogen and oxygen atoms in total. The number of hydrogen-bond donors (Lipinski definition) is 3. The van der Waals surface area contributed by atoms with Crippen LogP contribution in [-0.4, -0.2) is 19.3 Å². The minimum Gasteiger partial charge on any atom is -0.438 e. The maximum absolute atomic E-state index is 12.2. The highest BCUT2D eigenvalue weighted by molar-refractivity contribution is 7.89. The summed E-state index contributed by atoms with van der Waals surface area (Å²) in [6.07, 6.45) is 0. The van der Waals surface area contributed by atoms with Gasteiger partial charge in [0.1, 0.15) is 0 Å². The highest BCUT2D eigenvalue weighted by Gasteiger charge is 2.18. The van der Waals surface area contributed by atoms with Gasteiger partial charge in [-0.2, -0.15) is 0 Å². The van der Waals surface area contributed by atoms with Crippen LogP contribution in [-0.2, 0) is 10.0 Å². The van der Waals surface area contributed by atoms with Crippen molar-refractivity contribution in [2.45, 2.75) is 12.0 Å². The Morgan fingerprint density at radius 3 is 2.73 bits per heavy atom. The number of primary sulfonamides is 1. The minimum atomic E-state index is -3.97. The molecule has 0 aliphatic rings. The number of rotatable bonds is 3. The largest absolute Gasteiger partial charge is 0.438 e. The number of fused-ring (bicyclic) bond motifs is 1. The molecule has 114 valence electrons. The Balaban J connectivity index is 1.92. The van der Waals surface area contributed by atoms with E-state index in [1.807, 2.05) is 25.1 Å². The number of carbonyl (C=O) groups is 1. The molecule has 8 heteroatoms. The molecule has 0 unspecified atom stereocenters. The second-order valence-electron chi connectivity index (χ2n) is 4.84. The van der Waals surface area contributed by atoms with Gasteiger partial charge in [-0.3, -0.25) is 4.79 Å². The van der Waals surface area contributed by atoms with Crippen molar-refractivity contribution in [1.82, 2.24) is 4.98 Å². The summed E-state index contributed by atoms with van der Waals surface area (Å²) in [5.41, 5.74) is 2.32. The average molecular weight is 319 g/mol. The van der Waals surface area contributed by atoms with E-state index in [1.54, 1.807) is 6.07 Å². The van der Waals surface area contributed by atoms with Gasteiger partial charge < -0.3 is 14.7 Å². The summed E-state index contributed by atoms with van der Waals surface area (Å²) in [5.74, 6) is -0.695. The van der Waals surface area contributed by atoms with Gasteiger partial charge in [0.25, 0.3) is 15.9 Å². The van der Waals surface area contributed by atoms with Crippen molar-refractivity contribution < 1.29 is 17.6 Å². The molecule has 1 amide bonds. The quantitative estimate of drug-likeness (QED) is 0.684. The Morgan fingerprint density at radius 1 is 1.27 bits per heavy atom. The zero-order valence-corrected chi connectivity index (χ0v) is 12.4. The van der Waals surface area contributed by atoms with Crippen LogP contribution in [0.3, 0.4) is 0 Å². The predicted octanol–water partition coefficient (Wildman–Crippen LogP) is 1.97. The van der Waals surface area contributed by atoms with Crippen LogP contribution in [0.4, 0.5) is 5.69 Å². The number of furan rings is 1. The van der Waals surface area contributed by atoms with Crippen LogP contribution in [0.25, 0.3) is 10.9 Å².